The van der Waals surface area contributed by atoms with Gasteiger partial charge < -0.3 is 14.2 Å². The molecule has 3 nitrogen and oxygen atoms in total. The molecule has 0 atom stereocenters. The van der Waals surface area contributed by atoms with Crippen LogP contribution in [-0.2, 0) is 0 Å². The molecule has 16 aromatic carbocycles. The minimum absolute atomic E-state index is 0.899. The van der Waals surface area contributed by atoms with Crippen LogP contribution in [0.5, 0.6) is 0 Å². The van der Waals surface area contributed by atoms with Crippen LogP contribution in [0.3, 0.4) is 0 Å². The number of fused-ring (bicyclic) bond motifs is 8. The fraction of sp³-hybridized carbons (Fsp3) is 0. The standard InChI is InChI=1S/C88H58N2O/c1-3-18-59(19-4-1)61-34-37-64(38-35-61)78-26-11-14-31-84(78)90(86-53-52-75(63-21-5-2-6-22-63)80-28-9-10-29-81(80)86)85-32-15-12-27-79(85)69-24-17-25-73(56-69)89(72-46-42-62(43-47-72)66-39-36-60-20-7-8-23-65(60)54-66)74-48-51-77-71(57-74)41-40-70-55-67(44-49-76(70)77)68-45-50-83-82-30-13-16-33-87(82)91-88(83)58-68/h1-58H. The number of benzene rings is 16. The maximum absolute atomic E-state index is 6.32. The van der Waals surface area contributed by atoms with E-state index in [-0.39, 0.29) is 0 Å². The van der Waals surface area contributed by atoms with Crippen molar-refractivity contribution in [2.24, 2.45) is 0 Å². The van der Waals surface area contributed by atoms with Crippen molar-refractivity contribution in [1.82, 2.24) is 0 Å². The Morgan fingerprint density at radius 2 is 0.637 bits per heavy atom. The van der Waals surface area contributed by atoms with E-state index in [1.807, 2.05) is 12.1 Å². The number of rotatable bonds is 12. The Morgan fingerprint density at radius 3 is 1.41 bits per heavy atom. The van der Waals surface area contributed by atoms with Crippen LogP contribution in [0, 0.1) is 0 Å². The van der Waals surface area contributed by atoms with Crippen LogP contribution in [0.4, 0.5) is 34.1 Å². The maximum atomic E-state index is 6.32. The van der Waals surface area contributed by atoms with Gasteiger partial charge in [0.05, 0.1) is 17.1 Å². The van der Waals surface area contributed by atoms with Crippen molar-refractivity contribution in [3.8, 4) is 66.8 Å². The van der Waals surface area contributed by atoms with E-state index in [0.717, 1.165) is 106 Å². The molecule has 0 aliphatic carbocycles. The molecule has 0 radical (unpaired) electrons. The van der Waals surface area contributed by atoms with Crippen LogP contribution < -0.4 is 9.80 Å². The van der Waals surface area contributed by atoms with Crippen molar-refractivity contribution < 1.29 is 4.42 Å². The highest BCUT2D eigenvalue weighted by Crippen LogP contribution is 2.49. The average molecular weight is 1160 g/mol. The summed E-state index contributed by atoms with van der Waals surface area (Å²) in [6, 6.07) is 128. The molecule has 0 saturated carbocycles. The van der Waals surface area contributed by atoms with Crippen LogP contribution in [0.15, 0.2) is 356 Å². The number of anilines is 6. The Morgan fingerprint density at radius 1 is 0.176 bits per heavy atom. The second kappa shape index (κ2) is 22.6. The summed E-state index contributed by atoms with van der Waals surface area (Å²) < 4.78 is 6.32. The van der Waals surface area contributed by atoms with Crippen molar-refractivity contribution in [1.29, 1.82) is 0 Å². The predicted octanol–water partition coefficient (Wildman–Crippen LogP) is 25.1. The van der Waals surface area contributed by atoms with Crippen molar-refractivity contribution in [2.45, 2.75) is 0 Å². The molecule has 0 fully saturated rings. The molecule has 3 heteroatoms. The lowest BCUT2D eigenvalue weighted by atomic mass is 9.94. The molecule has 0 N–H and O–H groups in total. The molecule has 17 rings (SSSR count). The molecular formula is C88H58N2O. The molecule has 0 aliphatic heterocycles. The highest BCUT2D eigenvalue weighted by atomic mass is 16.3. The summed E-state index contributed by atoms with van der Waals surface area (Å²) in [6.45, 7) is 0. The molecule has 0 aliphatic rings. The summed E-state index contributed by atoms with van der Waals surface area (Å²) in [7, 11) is 0. The van der Waals surface area contributed by atoms with E-state index in [0.29, 0.717) is 0 Å². The largest absolute Gasteiger partial charge is 0.456 e. The Balaban J connectivity index is 0.802. The smallest absolute Gasteiger partial charge is 0.136 e. The molecule has 0 unspecified atom stereocenters. The topological polar surface area (TPSA) is 19.6 Å². The second-order valence-corrected chi connectivity index (χ2v) is 23.6. The number of hydrogen-bond donors (Lipinski definition) is 0. The number of nitrogens with zero attached hydrogens (tertiary/aromatic N) is 2. The molecule has 1 heterocycles. The van der Waals surface area contributed by atoms with Crippen LogP contribution in [-0.4, -0.2) is 0 Å². The summed E-state index contributed by atoms with van der Waals surface area (Å²) in [5.41, 5.74) is 22.0. The quantitative estimate of drug-likeness (QED) is 0.114. The van der Waals surface area contributed by atoms with Gasteiger partial charge in [-0.1, -0.05) is 267 Å². The molecule has 0 bridgehead atoms. The van der Waals surface area contributed by atoms with Gasteiger partial charge in [-0.2, -0.15) is 0 Å². The van der Waals surface area contributed by atoms with Gasteiger partial charge in [-0.15, -0.1) is 0 Å². The van der Waals surface area contributed by atoms with Crippen LogP contribution >= 0.6 is 0 Å². The van der Waals surface area contributed by atoms with Crippen molar-refractivity contribution in [3.05, 3.63) is 352 Å². The van der Waals surface area contributed by atoms with Crippen molar-refractivity contribution in [2.75, 3.05) is 9.80 Å². The van der Waals surface area contributed by atoms with Crippen LogP contribution in [0.25, 0.3) is 132 Å². The molecular weight excluding hydrogens is 1100 g/mol. The molecule has 17 aromatic rings. The summed E-state index contributed by atoms with van der Waals surface area (Å²) in [4.78, 5) is 4.91. The zero-order chi connectivity index (χ0) is 60.2. The molecule has 91 heavy (non-hydrogen) atoms. The minimum Gasteiger partial charge on any atom is -0.456 e. The fourth-order valence-corrected chi connectivity index (χ4v) is 13.7. The van der Waals surface area contributed by atoms with Crippen molar-refractivity contribution >= 4 is 99.2 Å². The van der Waals surface area contributed by atoms with Gasteiger partial charge in [0, 0.05) is 44.3 Å². The Labute approximate surface area is 528 Å². The van der Waals surface area contributed by atoms with Gasteiger partial charge in [0.25, 0.3) is 0 Å². The van der Waals surface area contributed by atoms with Gasteiger partial charge in [-0.05, 0) is 178 Å². The van der Waals surface area contributed by atoms with Gasteiger partial charge in [-0.3, -0.25) is 0 Å². The normalized spacial score (nSPS) is 11.5. The zero-order valence-electron chi connectivity index (χ0n) is 49.8. The van der Waals surface area contributed by atoms with Gasteiger partial charge in [0.1, 0.15) is 11.2 Å². The van der Waals surface area contributed by atoms with Crippen molar-refractivity contribution in [3.63, 3.8) is 0 Å². The van der Waals surface area contributed by atoms with Crippen LogP contribution in [0.2, 0.25) is 0 Å². The lowest BCUT2D eigenvalue weighted by Crippen LogP contribution is -2.13. The summed E-state index contributed by atoms with van der Waals surface area (Å²) in [6.07, 6.45) is 0. The summed E-state index contributed by atoms with van der Waals surface area (Å²) in [5.74, 6) is 0. The predicted molar refractivity (Wildman–Crippen MR) is 386 cm³/mol. The van der Waals surface area contributed by atoms with E-state index < -0.39 is 0 Å². The Hall–Kier alpha value is -12.0. The number of para-hydroxylation sites is 3. The summed E-state index contributed by atoms with van der Waals surface area (Å²) in [5, 5.41) is 11.8. The first kappa shape index (κ1) is 53.2. The third kappa shape index (κ3) is 9.73. The summed E-state index contributed by atoms with van der Waals surface area (Å²) >= 11 is 0. The SMILES string of the molecule is c1ccc(-c2ccc(-c3ccccc3N(c3ccccc3-c3cccc(N(c4ccc(-c5ccc6ccccc6c5)cc4)c4ccc5c(ccc6cc(-c7ccc8c(c7)oc7ccccc78)ccc65)c4)c3)c3ccc(-c4ccccc4)c4ccccc34)cc2)cc1. The molecule has 0 saturated heterocycles. The van der Waals surface area contributed by atoms with Gasteiger partial charge >= 0.3 is 0 Å². The molecule has 0 spiro atoms. The second-order valence-electron chi connectivity index (χ2n) is 23.6. The van der Waals surface area contributed by atoms with E-state index >= 15 is 0 Å². The third-order valence-corrected chi connectivity index (χ3v) is 18.2. The first-order valence-electron chi connectivity index (χ1n) is 31.2. The fourth-order valence-electron chi connectivity index (χ4n) is 13.7. The van der Waals surface area contributed by atoms with E-state index in [4.69, 9.17) is 4.42 Å². The van der Waals surface area contributed by atoms with Gasteiger partial charge in [0.15, 0.2) is 0 Å². The molecule has 1 aromatic heterocycles. The monoisotopic (exact) mass is 1160 g/mol. The maximum Gasteiger partial charge on any atom is 0.136 e. The lowest BCUT2D eigenvalue weighted by molar-refractivity contribution is 0.669. The molecule has 0 amide bonds. The third-order valence-electron chi connectivity index (χ3n) is 18.2. The number of hydrogen-bond acceptors (Lipinski definition) is 3. The first-order valence-corrected chi connectivity index (χ1v) is 31.2. The zero-order valence-corrected chi connectivity index (χ0v) is 49.8. The lowest BCUT2D eigenvalue weighted by Gasteiger charge is -2.31. The number of furan rings is 1. The average Bonchev–Trinajstić information content (AvgIpc) is 1.56. The minimum atomic E-state index is 0.899. The Kier molecular flexibility index (Phi) is 13.2. The highest BCUT2D eigenvalue weighted by Gasteiger charge is 2.24. The first-order chi connectivity index (χ1) is 45.1. The Bertz CT molecular complexity index is 5590. The van der Waals surface area contributed by atoms with Crippen LogP contribution in [0.1, 0.15) is 0 Å². The van der Waals surface area contributed by atoms with E-state index in [1.54, 1.807) is 0 Å². The molecule has 426 valence electrons. The van der Waals surface area contributed by atoms with Gasteiger partial charge in [0.2, 0.25) is 0 Å². The highest BCUT2D eigenvalue weighted by molar-refractivity contribution is 6.12. The van der Waals surface area contributed by atoms with E-state index in [9.17, 15) is 0 Å². The van der Waals surface area contributed by atoms with Gasteiger partial charge in [-0.25, -0.2) is 0 Å². The van der Waals surface area contributed by atoms with E-state index in [1.165, 1.54) is 60.1 Å². The van der Waals surface area contributed by atoms with E-state index in [2.05, 4.69) is 350 Å².